The van der Waals surface area contributed by atoms with Crippen molar-refractivity contribution >= 4 is 46.2 Å². The van der Waals surface area contributed by atoms with Crippen LogP contribution in [0.2, 0.25) is 0 Å². The van der Waals surface area contributed by atoms with E-state index in [1.807, 2.05) is 23.6 Å². The highest BCUT2D eigenvalue weighted by Gasteiger charge is 2.36. The Morgan fingerprint density at radius 1 is 1.32 bits per heavy atom. The first-order valence-electron chi connectivity index (χ1n) is 7.54. The molecule has 3 heterocycles. The van der Waals surface area contributed by atoms with Gasteiger partial charge in [0.05, 0.1) is 16.6 Å². The van der Waals surface area contributed by atoms with Gasteiger partial charge in [-0.2, -0.15) is 0 Å². The van der Waals surface area contributed by atoms with Gasteiger partial charge in [0.15, 0.2) is 0 Å². The Morgan fingerprint density at radius 2 is 2.16 bits per heavy atom. The highest BCUT2D eigenvalue weighted by molar-refractivity contribution is 8.18. The number of hydrogen-bond donors (Lipinski definition) is 1. The van der Waals surface area contributed by atoms with E-state index in [0.29, 0.717) is 10.6 Å². The summed E-state index contributed by atoms with van der Waals surface area (Å²) in [7, 11) is 0. The zero-order valence-electron chi connectivity index (χ0n) is 13.3. The van der Waals surface area contributed by atoms with Crippen LogP contribution < -0.4 is 5.32 Å². The van der Waals surface area contributed by atoms with Crippen LogP contribution in [0.15, 0.2) is 46.8 Å². The fourth-order valence-corrected chi connectivity index (χ4v) is 3.84. The summed E-state index contributed by atoms with van der Waals surface area (Å²) in [6.07, 6.45) is 3.31. The summed E-state index contributed by atoms with van der Waals surface area (Å²) >= 11 is 2.33. The zero-order chi connectivity index (χ0) is 17.8. The van der Waals surface area contributed by atoms with Gasteiger partial charge in [0.2, 0.25) is 5.91 Å². The highest BCUT2D eigenvalue weighted by Crippen LogP contribution is 2.32. The summed E-state index contributed by atoms with van der Waals surface area (Å²) in [4.78, 5) is 43.0. The van der Waals surface area contributed by atoms with Gasteiger partial charge in [-0.05, 0) is 48.3 Å². The summed E-state index contributed by atoms with van der Waals surface area (Å²) in [5, 5.41) is 4.21. The molecule has 1 saturated heterocycles. The van der Waals surface area contributed by atoms with E-state index in [1.54, 1.807) is 31.3 Å². The number of rotatable bonds is 5. The highest BCUT2D eigenvalue weighted by atomic mass is 32.2. The standard InChI is InChI=1S/C17H15N3O3S2/c1-11(13-6-2-3-7-18-13)19-15(21)10-20-16(22)14(25-17(20)23)9-12-5-4-8-24-12/h2-9,11H,10H2,1H3,(H,19,21)/b14-9+. The van der Waals surface area contributed by atoms with E-state index in [9.17, 15) is 14.4 Å². The number of aromatic nitrogens is 1. The largest absolute Gasteiger partial charge is 0.346 e. The predicted octanol–water partition coefficient (Wildman–Crippen LogP) is 3.06. The number of thioether (sulfide) groups is 1. The van der Waals surface area contributed by atoms with Gasteiger partial charge < -0.3 is 5.32 Å². The van der Waals surface area contributed by atoms with Crippen molar-refractivity contribution in [1.82, 2.24) is 15.2 Å². The van der Waals surface area contributed by atoms with Crippen molar-refractivity contribution in [2.75, 3.05) is 6.54 Å². The van der Waals surface area contributed by atoms with Gasteiger partial charge in [-0.25, -0.2) is 0 Å². The van der Waals surface area contributed by atoms with Crippen LogP contribution >= 0.6 is 23.1 Å². The first kappa shape index (κ1) is 17.4. The number of nitrogens with one attached hydrogen (secondary N) is 1. The van der Waals surface area contributed by atoms with Crippen LogP contribution in [0, 0.1) is 0 Å². The topological polar surface area (TPSA) is 79.4 Å². The fourth-order valence-electron chi connectivity index (χ4n) is 2.28. The van der Waals surface area contributed by atoms with Crippen molar-refractivity contribution in [3.63, 3.8) is 0 Å². The van der Waals surface area contributed by atoms with Crippen molar-refractivity contribution in [2.24, 2.45) is 0 Å². The molecule has 1 N–H and O–H groups in total. The van der Waals surface area contributed by atoms with Gasteiger partial charge in [-0.1, -0.05) is 12.1 Å². The van der Waals surface area contributed by atoms with Crippen LogP contribution in [0.5, 0.6) is 0 Å². The molecule has 1 unspecified atom stereocenters. The molecule has 3 amide bonds. The van der Waals surface area contributed by atoms with E-state index >= 15 is 0 Å². The summed E-state index contributed by atoms with van der Waals surface area (Å²) in [5.41, 5.74) is 0.711. The second-order valence-corrected chi connectivity index (χ2v) is 7.30. The van der Waals surface area contributed by atoms with Crippen LogP contribution in [-0.2, 0) is 9.59 Å². The zero-order valence-corrected chi connectivity index (χ0v) is 15.0. The molecule has 1 fully saturated rings. The number of carbonyl (C=O) groups is 3. The molecule has 2 aromatic heterocycles. The number of thiophene rings is 1. The molecule has 8 heteroatoms. The van der Waals surface area contributed by atoms with Gasteiger partial charge in [-0.15, -0.1) is 11.3 Å². The molecule has 25 heavy (non-hydrogen) atoms. The Hall–Kier alpha value is -2.45. The molecular formula is C17H15N3O3S2. The maximum Gasteiger partial charge on any atom is 0.294 e. The Kier molecular flexibility index (Phi) is 5.30. The number of imide groups is 1. The fraction of sp³-hybridized carbons (Fsp3) is 0.176. The van der Waals surface area contributed by atoms with Crippen LogP contribution in [-0.4, -0.2) is 33.5 Å². The maximum atomic E-state index is 12.4. The van der Waals surface area contributed by atoms with Gasteiger partial charge >= 0.3 is 0 Å². The Bertz CT molecular complexity index is 819. The molecular weight excluding hydrogens is 358 g/mol. The minimum Gasteiger partial charge on any atom is -0.346 e. The third-order valence-corrected chi connectivity index (χ3v) is 5.23. The molecule has 1 atom stereocenters. The van der Waals surface area contributed by atoms with E-state index in [4.69, 9.17) is 0 Å². The molecule has 0 bridgehead atoms. The van der Waals surface area contributed by atoms with E-state index in [0.717, 1.165) is 21.5 Å². The van der Waals surface area contributed by atoms with Gasteiger partial charge in [0.1, 0.15) is 6.54 Å². The van der Waals surface area contributed by atoms with Crippen LogP contribution in [0.1, 0.15) is 23.5 Å². The van der Waals surface area contributed by atoms with Crippen molar-refractivity contribution in [3.05, 3.63) is 57.4 Å². The molecule has 0 aromatic carbocycles. The van der Waals surface area contributed by atoms with E-state index in [-0.39, 0.29) is 12.6 Å². The van der Waals surface area contributed by atoms with Gasteiger partial charge in [0, 0.05) is 11.1 Å². The monoisotopic (exact) mass is 373 g/mol. The van der Waals surface area contributed by atoms with E-state index < -0.39 is 17.1 Å². The Morgan fingerprint density at radius 3 is 2.84 bits per heavy atom. The smallest absolute Gasteiger partial charge is 0.294 e. The van der Waals surface area contributed by atoms with Crippen molar-refractivity contribution < 1.29 is 14.4 Å². The number of carbonyl (C=O) groups excluding carboxylic acids is 3. The van der Waals surface area contributed by atoms with Crippen molar-refractivity contribution in [1.29, 1.82) is 0 Å². The predicted molar refractivity (Wildman–Crippen MR) is 97.8 cm³/mol. The number of pyridine rings is 1. The Balaban J connectivity index is 1.63. The third kappa shape index (κ3) is 4.15. The molecule has 0 saturated carbocycles. The Labute approximate surface area is 152 Å². The first-order valence-corrected chi connectivity index (χ1v) is 9.23. The molecule has 3 rings (SSSR count). The average molecular weight is 373 g/mol. The summed E-state index contributed by atoms with van der Waals surface area (Å²) in [6.45, 7) is 1.49. The third-order valence-electron chi connectivity index (χ3n) is 3.50. The molecule has 0 spiro atoms. The minimum atomic E-state index is -0.441. The molecule has 1 aliphatic heterocycles. The van der Waals surface area contributed by atoms with Gasteiger partial charge in [0.25, 0.3) is 11.1 Å². The average Bonchev–Trinajstić information content (AvgIpc) is 3.20. The van der Waals surface area contributed by atoms with Crippen LogP contribution in [0.3, 0.4) is 0 Å². The second-order valence-electron chi connectivity index (χ2n) is 5.33. The molecule has 128 valence electrons. The second kappa shape index (κ2) is 7.62. The van der Waals surface area contributed by atoms with E-state index in [2.05, 4.69) is 10.3 Å². The molecule has 0 radical (unpaired) electrons. The lowest BCUT2D eigenvalue weighted by molar-refractivity contribution is -0.129. The first-order chi connectivity index (χ1) is 12.0. The quantitative estimate of drug-likeness (QED) is 0.815. The van der Waals surface area contributed by atoms with Crippen molar-refractivity contribution in [3.8, 4) is 0 Å². The number of amides is 3. The van der Waals surface area contributed by atoms with Crippen LogP contribution in [0.25, 0.3) is 6.08 Å². The number of hydrogen-bond acceptors (Lipinski definition) is 6. The lowest BCUT2D eigenvalue weighted by Crippen LogP contribution is -2.40. The SMILES string of the molecule is CC(NC(=O)CN1C(=O)S/C(=C/c2cccs2)C1=O)c1ccccn1. The van der Waals surface area contributed by atoms with Crippen molar-refractivity contribution in [2.45, 2.75) is 13.0 Å². The summed E-state index contributed by atoms with van der Waals surface area (Å²) in [5.74, 6) is -0.845. The molecule has 2 aromatic rings. The molecule has 6 nitrogen and oxygen atoms in total. The molecule has 1 aliphatic rings. The summed E-state index contributed by atoms with van der Waals surface area (Å²) < 4.78 is 0. The van der Waals surface area contributed by atoms with Gasteiger partial charge in [-0.3, -0.25) is 24.3 Å². The molecule has 0 aliphatic carbocycles. The minimum absolute atomic E-state index is 0.302. The lowest BCUT2D eigenvalue weighted by Gasteiger charge is -2.16. The van der Waals surface area contributed by atoms with E-state index in [1.165, 1.54) is 11.3 Å². The number of nitrogens with zero attached hydrogens (tertiary/aromatic N) is 2. The lowest BCUT2D eigenvalue weighted by atomic mass is 10.2. The van der Waals surface area contributed by atoms with Crippen LogP contribution in [0.4, 0.5) is 4.79 Å². The normalized spacial score (nSPS) is 17.2. The maximum absolute atomic E-state index is 12.4. The summed E-state index contributed by atoms with van der Waals surface area (Å²) in [6, 6.07) is 8.84.